The van der Waals surface area contributed by atoms with Gasteiger partial charge in [-0.1, -0.05) is 30.8 Å². The second-order valence-corrected chi connectivity index (χ2v) is 9.92. The molecule has 2 fully saturated rings. The van der Waals surface area contributed by atoms with Crippen LogP contribution in [-0.2, 0) is 12.8 Å². The van der Waals surface area contributed by atoms with E-state index in [1.165, 1.54) is 25.7 Å². The molecule has 0 radical (unpaired) electrons. The van der Waals surface area contributed by atoms with Crippen LogP contribution in [0.3, 0.4) is 0 Å². The van der Waals surface area contributed by atoms with Gasteiger partial charge in [-0.15, -0.1) is 20.4 Å². The zero-order chi connectivity index (χ0) is 21.8. The van der Waals surface area contributed by atoms with Crippen LogP contribution in [0.15, 0.2) is 34.2 Å². The minimum absolute atomic E-state index is 0.0614. The third-order valence-electron chi connectivity index (χ3n) is 6.65. The summed E-state index contributed by atoms with van der Waals surface area (Å²) >= 11 is 1.64. The Balaban J connectivity index is 1.34. The Morgan fingerprint density at radius 3 is 2.59 bits per heavy atom. The minimum Gasteiger partial charge on any atom is -0.341 e. The highest BCUT2D eigenvalue weighted by molar-refractivity contribution is 7.98. The largest absolute Gasteiger partial charge is 0.341 e. The van der Waals surface area contributed by atoms with Crippen molar-refractivity contribution in [2.75, 3.05) is 18.0 Å². The SMILES string of the molecule is CC1CCN(c2nnc(SCc3nnc4n(C)c(=O)c5ccccc5n34)n2C2CC2)CC1. The quantitative estimate of drug-likeness (QED) is 0.432. The van der Waals surface area contributed by atoms with Crippen LogP contribution in [0.1, 0.15) is 44.5 Å². The fourth-order valence-electron chi connectivity index (χ4n) is 4.56. The molecule has 32 heavy (non-hydrogen) atoms. The summed E-state index contributed by atoms with van der Waals surface area (Å²) in [6.45, 7) is 4.42. The lowest BCUT2D eigenvalue weighted by Gasteiger charge is -2.31. The Morgan fingerprint density at radius 1 is 1.03 bits per heavy atom. The Morgan fingerprint density at radius 2 is 1.81 bits per heavy atom. The van der Waals surface area contributed by atoms with E-state index >= 15 is 0 Å². The number of fused-ring (bicyclic) bond motifs is 3. The van der Waals surface area contributed by atoms with Crippen LogP contribution in [0.25, 0.3) is 16.7 Å². The molecule has 3 aromatic heterocycles. The lowest BCUT2D eigenvalue weighted by atomic mass is 10.00. The van der Waals surface area contributed by atoms with Crippen molar-refractivity contribution in [2.24, 2.45) is 13.0 Å². The number of para-hydroxylation sites is 1. The lowest BCUT2D eigenvalue weighted by Crippen LogP contribution is -2.34. The summed E-state index contributed by atoms with van der Waals surface area (Å²) in [6, 6.07) is 8.12. The first-order valence-corrected chi connectivity index (χ1v) is 12.2. The normalized spacial score (nSPS) is 17.6. The second-order valence-electron chi connectivity index (χ2n) is 8.97. The molecule has 0 bridgehead atoms. The smallest absolute Gasteiger partial charge is 0.262 e. The minimum atomic E-state index is -0.0614. The van der Waals surface area contributed by atoms with Crippen LogP contribution in [0.5, 0.6) is 0 Å². The van der Waals surface area contributed by atoms with Crippen molar-refractivity contribution in [3.8, 4) is 0 Å². The van der Waals surface area contributed by atoms with Gasteiger partial charge in [-0.3, -0.25) is 18.3 Å². The van der Waals surface area contributed by atoms with Gasteiger partial charge in [-0.2, -0.15) is 0 Å². The highest BCUT2D eigenvalue weighted by atomic mass is 32.2. The first kappa shape index (κ1) is 19.8. The van der Waals surface area contributed by atoms with Gasteiger partial charge in [0.15, 0.2) is 5.16 Å². The van der Waals surface area contributed by atoms with Crippen LogP contribution in [0.4, 0.5) is 5.95 Å². The maximum Gasteiger partial charge on any atom is 0.262 e. The van der Waals surface area contributed by atoms with Crippen molar-refractivity contribution < 1.29 is 0 Å². The van der Waals surface area contributed by atoms with Gasteiger partial charge in [0.25, 0.3) is 5.56 Å². The zero-order valence-corrected chi connectivity index (χ0v) is 19.1. The highest BCUT2D eigenvalue weighted by Gasteiger charge is 2.32. The molecule has 1 saturated heterocycles. The fourth-order valence-corrected chi connectivity index (χ4v) is 5.47. The molecular formula is C22H26N8OS. The number of benzene rings is 1. The van der Waals surface area contributed by atoms with E-state index < -0.39 is 0 Å². The summed E-state index contributed by atoms with van der Waals surface area (Å²) in [5.41, 5.74) is 0.770. The van der Waals surface area contributed by atoms with Crippen LogP contribution >= 0.6 is 11.8 Å². The highest BCUT2D eigenvalue weighted by Crippen LogP contribution is 2.42. The summed E-state index contributed by atoms with van der Waals surface area (Å²) in [7, 11) is 1.74. The number of hydrogen-bond acceptors (Lipinski definition) is 7. The number of aromatic nitrogens is 7. The van der Waals surface area contributed by atoms with Gasteiger partial charge >= 0.3 is 0 Å². The molecule has 1 aliphatic heterocycles. The molecule has 4 heterocycles. The topological polar surface area (TPSA) is 86.1 Å². The number of hydrogen-bond donors (Lipinski definition) is 0. The van der Waals surface area contributed by atoms with E-state index in [4.69, 9.17) is 0 Å². The Kier molecular flexibility index (Phi) is 4.71. The Bertz CT molecular complexity index is 1360. The molecule has 1 aromatic carbocycles. The van der Waals surface area contributed by atoms with Crippen molar-refractivity contribution in [3.05, 3.63) is 40.4 Å². The number of anilines is 1. The molecular weight excluding hydrogens is 424 g/mol. The maximum absolute atomic E-state index is 12.7. The van der Waals surface area contributed by atoms with E-state index in [1.807, 2.05) is 28.7 Å². The predicted octanol–water partition coefficient (Wildman–Crippen LogP) is 3.04. The molecule has 10 heteroatoms. The molecule has 166 valence electrons. The van der Waals surface area contributed by atoms with Crippen molar-refractivity contribution in [3.63, 3.8) is 0 Å². The molecule has 1 aliphatic carbocycles. The first-order valence-electron chi connectivity index (χ1n) is 11.3. The second kappa shape index (κ2) is 7.61. The number of thioether (sulfide) groups is 1. The summed E-state index contributed by atoms with van der Waals surface area (Å²) < 4.78 is 5.87. The standard InChI is InChI=1S/C22H26N8OS/c1-14-9-11-28(12-10-14)21-25-26-22(29(21)15-7-8-15)32-13-18-23-24-20-27(2)19(31)16-5-3-4-6-17(16)30(18)20/h3-6,14-15H,7-13H2,1-2H3. The number of nitrogens with zero attached hydrogens (tertiary/aromatic N) is 8. The summed E-state index contributed by atoms with van der Waals surface area (Å²) in [5.74, 6) is 3.75. The monoisotopic (exact) mass is 450 g/mol. The molecule has 4 aromatic rings. The third kappa shape index (κ3) is 3.19. The Hall–Kier alpha value is -2.88. The molecule has 0 atom stereocenters. The van der Waals surface area contributed by atoms with E-state index in [9.17, 15) is 4.79 Å². The zero-order valence-electron chi connectivity index (χ0n) is 18.3. The summed E-state index contributed by atoms with van der Waals surface area (Å²) in [6.07, 6.45) is 4.78. The van der Waals surface area contributed by atoms with E-state index in [0.717, 1.165) is 41.5 Å². The molecule has 0 unspecified atom stereocenters. The fraction of sp³-hybridized carbons (Fsp3) is 0.500. The van der Waals surface area contributed by atoms with Crippen molar-refractivity contribution >= 4 is 34.4 Å². The van der Waals surface area contributed by atoms with E-state index in [0.29, 0.717) is 23.0 Å². The average Bonchev–Trinajstić information content (AvgIpc) is 3.42. The van der Waals surface area contributed by atoms with E-state index in [2.05, 4.69) is 36.8 Å². The van der Waals surface area contributed by atoms with Crippen LogP contribution in [-0.4, -0.2) is 47.0 Å². The van der Waals surface area contributed by atoms with Crippen molar-refractivity contribution in [2.45, 2.75) is 49.6 Å². The maximum atomic E-state index is 12.7. The third-order valence-corrected chi connectivity index (χ3v) is 7.59. The van der Waals surface area contributed by atoms with Crippen LogP contribution in [0, 0.1) is 5.92 Å². The number of piperidine rings is 1. The van der Waals surface area contributed by atoms with Gasteiger partial charge in [-0.05, 0) is 43.7 Å². The van der Waals surface area contributed by atoms with Gasteiger partial charge < -0.3 is 4.90 Å². The van der Waals surface area contributed by atoms with Crippen molar-refractivity contribution in [1.29, 1.82) is 0 Å². The molecule has 1 saturated carbocycles. The van der Waals surface area contributed by atoms with Gasteiger partial charge in [0.05, 0.1) is 16.7 Å². The van der Waals surface area contributed by atoms with E-state index in [1.54, 1.807) is 23.4 Å². The van der Waals surface area contributed by atoms with Gasteiger partial charge in [0.2, 0.25) is 11.7 Å². The lowest BCUT2D eigenvalue weighted by molar-refractivity contribution is 0.429. The molecule has 0 spiro atoms. The molecule has 9 nitrogen and oxygen atoms in total. The predicted molar refractivity (Wildman–Crippen MR) is 124 cm³/mol. The average molecular weight is 451 g/mol. The number of rotatable bonds is 5. The Labute approximate surface area is 189 Å². The van der Waals surface area contributed by atoms with Crippen LogP contribution < -0.4 is 10.5 Å². The van der Waals surface area contributed by atoms with Gasteiger partial charge in [0, 0.05) is 26.2 Å². The van der Waals surface area contributed by atoms with E-state index in [-0.39, 0.29) is 5.56 Å². The molecule has 0 amide bonds. The molecule has 2 aliphatic rings. The van der Waals surface area contributed by atoms with Crippen LogP contribution in [0.2, 0.25) is 0 Å². The first-order chi connectivity index (χ1) is 15.6. The summed E-state index contributed by atoms with van der Waals surface area (Å²) in [5, 5.41) is 19.5. The summed E-state index contributed by atoms with van der Waals surface area (Å²) in [4.78, 5) is 15.1. The molecule has 0 N–H and O–H groups in total. The molecule has 6 rings (SSSR count). The number of aryl methyl sites for hydroxylation is 1. The van der Waals surface area contributed by atoms with Crippen molar-refractivity contribution in [1.82, 2.24) is 33.9 Å². The van der Waals surface area contributed by atoms with Gasteiger partial charge in [-0.25, -0.2) is 0 Å². The van der Waals surface area contributed by atoms with Gasteiger partial charge in [0.1, 0.15) is 5.82 Å².